The van der Waals surface area contributed by atoms with Crippen LogP contribution in [-0.4, -0.2) is 21.0 Å². The maximum Gasteiger partial charge on any atom is 0.345 e. The van der Waals surface area contributed by atoms with Gasteiger partial charge in [-0.25, -0.2) is 4.79 Å². The normalized spacial score (nSPS) is 10.6. The Bertz CT molecular complexity index is 631. The highest BCUT2D eigenvalue weighted by atomic mass is 16.4. The number of nitrogens with zero attached hydrogens (tertiary/aromatic N) is 1. The summed E-state index contributed by atoms with van der Waals surface area (Å²) >= 11 is 0. The Balaban J connectivity index is 2.58. The minimum atomic E-state index is -0.886. The Morgan fingerprint density at radius 1 is 1.47 bits per heavy atom. The van der Waals surface area contributed by atoms with Gasteiger partial charge in [-0.1, -0.05) is 18.2 Å². The summed E-state index contributed by atoms with van der Waals surface area (Å²) in [5, 5.41) is 9.47. The van der Waals surface area contributed by atoms with Crippen LogP contribution in [-0.2, 0) is 11.2 Å². The lowest BCUT2D eigenvalue weighted by atomic mass is 10.1. The molecule has 1 heterocycles. The summed E-state index contributed by atoms with van der Waals surface area (Å²) in [5.41, 5.74) is 1.74. The molecule has 5 heteroatoms. The van der Waals surface area contributed by atoms with Gasteiger partial charge >= 0.3 is 11.7 Å². The van der Waals surface area contributed by atoms with Crippen molar-refractivity contribution in [2.24, 2.45) is 0 Å². The van der Waals surface area contributed by atoms with Crippen LogP contribution >= 0.6 is 0 Å². The number of H-pyrrole nitrogens is 1. The van der Waals surface area contributed by atoms with Crippen molar-refractivity contribution in [3.63, 3.8) is 0 Å². The number of hydrogen-bond donors (Lipinski definition) is 2. The highest BCUT2D eigenvalue weighted by Crippen LogP contribution is 2.17. The molecule has 5 nitrogen and oxygen atoms in total. The molecule has 0 aliphatic rings. The molecule has 17 heavy (non-hydrogen) atoms. The second-order valence-corrected chi connectivity index (χ2v) is 3.89. The first-order valence-electron chi connectivity index (χ1n) is 5.28. The summed E-state index contributed by atoms with van der Waals surface area (Å²) in [5.74, 6) is -0.886. The van der Waals surface area contributed by atoms with Gasteiger partial charge in [-0.2, -0.15) is 4.98 Å². The van der Waals surface area contributed by atoms with E-state index in [4.69, 9.17) is 5.11 Å². The summed E-state index contributed by atoms with van der Waals surface area (Å²) in [4.78, 5) is 28.4. The Labute approximate surface area is 97.1 Å². The van der Waals surface area contributed by atoms with Gasteiger partial charge in [-0.15, -0.1) is 0 Å². The summed E-state index contributed by atoms with van der Waals surface area (Å²) in [6, 6.07) is 5.57. The third kappa shape index (κ3) is 2.33. The van der Waals surface area contributed by atoms with Crippen LogP contribution in [0.4, 0.5) is 0 Å². The number of fused-ring (bicyclic) bond motifs is 1. The highest BCUT2D eigenvalue weighted by molar-refractivity contribution is 5.83. The van der Waals surface area contributed by atoms with Crippen LogP contribution in [0.1, 0.15) is 17.7 Å². The topological polar surface area (TPSA) is 83.0 Å². The van der Waals surface area contributed by atoms with Gasteiger partial charge < -0.3 is 10.1 Å². The van der Waals surface area contributed by atoms with Crippen LogP contribution < -0.4 is 5.69 Å². The zero-order valence-corrected chi connectivity index (χ0v) is 9.36. The second-order valence-electron chi connectivity index (χ2n) is 3.89. The van der Waals surface area contributed by atoms with Gasteiger partial charge in [0.25, 0.3) is 0 Å². The fourth-order valence-electron chi connectivity index (χ4n) is 1.81. The summed E-state index contributed by atoms with van der Waals surface area (Å²) < 4.78 is 0. The largest absolute Gasteiger partial charge is 0.481 e. The zero-order chi connectivity index (χ0) is 12.4. The van der Waals surface area contributed by atoms with Gasteiger partial charge in [-0.3, -0.25) is 4.79 Å². The lowest BCUT2D eigenvalue weighted by molar-refractivity contribution is -0.136. The Morgan fingerprint density at radius 2 is 2.24 bits per heavy atom. The number of benzene rings is 1. The number of hydrogen-bond acceptors (Lipinski definition) is 3. The van der Waals surface area contributed by atoms with Crippen molar-refractivity contribution in [3.05, 3.63) is 39.9 Å². The molecule has 1 aromatic heterocycles. The van der Waals surface area contributed by atoms with Crippen molar-refractivity contribution in [2.75, 3.05) is 0 Å². The Kier molecular flexibility index (Phi) is 2.91. The van der Waals surface area contributed by atoms with Crippen molar-refractivity contribution in [2.45, 2.75) is 19.8 Å². The number of para-hydroxylation sites is 1. The molecule has 0 amide bonds. The molecule has 0 fully saturated rings. The van der Waals surface area contributed by atoms with E-state index in [0.29, 0.717) is 17.6 Å². The van der Waals surface area contributed by atoms with Crippen LogP contribution in [0.15, 0.2) is 23.0 Å². The molecular formula is C12H12N2O3. The SMILES string of the molecule is Cc1cccc2c(CCC(=O)O)[nH]c(=O)nc12. The third-order valence-electron chi connectivity index (χ3n) is 2.62. The van der Waals surface area contributed by atoms with E-state index in [-0.39, 0.29) is 6.42 Å². The maximum absolute atomic E-state index is 11.4. The quantitative estimate of drug-likeness (QED) is 0.834. The van der Waals surface area contributed by atoms with Gasteiger partial charge in [-0.05, 0) is 18.9 Å². The average Bonchev–Trinajstić information content (AvgIpc) is 2.27. The van der Waals surface area contributed by atoms with E-state index in [1.165, 1.54) is 0 Å². The van der Waals surface area contributed by atoms with E-state index in [0.717, 1.165) is 10.9 Å². The van der Waals surface area contributed by atoms with Crippen LogP contribution in [0.5, 0.6) is 0 Å². The number of nitrogens with one attached hydrogen (secondary N) is 1. The molecule has 0 unspecified atom stereocenters. The number of carboxylic acid groups (broad SMARTS) is 1. The van der Waals surface area contributed by atoms with Crippen LogP contribution in [0.3, 0.4) is 0 Å². The van der Waals surface area contributed by atoms with Gasteiger partial charge in [0.05, 0.1) is 11.9 Å². The third-order valence-corrected chi connectivity index (χ3v) is 2.62. The molecule has 2 rings (SSSR count). The molecule has 0 spiro atoms. The van der Waals surface area contributed by atoms with Gasteiger partial charge in [0, 0.05) is 11.1 Å². The number of carboxylic acids is 1. The fourth-order valence-corrected chi connectivity index (χ4v) is 1.81. The monoisotopic (exact) mass is 232 g/mol. The molecule has 0 atom stereocenters. The standard InChI is InChI=1S/C12H12N2O3/c1-7-3-2-4-8-9(5-6-10(15)16)13-12(17)14-11(7)8/h2-4H,5-6H2,1H3,(H,15,16)(H,13,14,17). The van der Waals surface area contributed by atoms with E-state index in [9.17, 15) is 9.59 Å². The van der Waals surface area contributed by atoms with Crippen molar-refractivity contribution in [3.8, 4) is 0 Å². The number of aromatic amines is 1. The summed E-state index contributed by atoms with van der Waals surface area (Å²) in [6.45, 7) is 1.87. The molecule has 0 aliphatic heterocycles. The van der Waals surface area contributed by atoms with E-state index >= 15 is 0 Å². The first-order chi connectivity index (χ1) is 8.08. The zero-order valence-electron chi connectivity index (χ0n) is 9.36. The molecule has 0 radical (unpaired) electrons. The predicted molar refractivity (Wildman–Crippen MR) is 63.1 cm³/mol. The highest BCUT2D eigenvalue weighted by Gasteiger charge is 2.08. The molecule has 2 N–H and O–H groups in total. The smallest absolute Gasteiger partial charge is 0.345 e. The lowest BCUT2D eigenvalue weighted by Crippen LogP contribution is -2.14. The molecule has 0 saturated carbocycles. The number of aryl methyl sites for hydroxylation is 2. The van der Waals surface area contributed by atoms with Crippen molar-refractivity contribution in [1.82, 2.24) is 9.97 Å². The minimum absolute atomic E-state index is 0.0109. The molecule has 0 bridgehead atoms. The van der Waals surface area contributed by atoms with Crippen molar-refractivity contribution in [1.29, 1.82) is 0 Å². The minimum Gasteiger partial charge on any atom is -0.481 e. The first kappa shape index (κ1) is 11.3. The number of aliphatic carboxylic acids is 1. The number of rotatable bonds is 3. The molecule has 88 valence electrons. The van der Waals surface area contributed by atoms with Crippen molar-refractivity contribution >= 4 is 16.9 Å². The Hall–Kier alpha value is -2.17. The van der Waals surface area contributed by atoms with E-state index < -0.39 is 11.7 Å². The summed E-state index contributed by atoms with van der Waals surface area (Å²) in [6.07, 6.45) is 0.288. The molecule has 0 saturated heterocycles. The van der Waals surface area contributed by atoms with E-state index in [2.05, 4.69) is 9.97 Å². The van der Waals surface area contributed by atoms with Gasteiger partial charge in [0.2, 0.25) is 0 Å². The fraction of sp³-hybridized carbons (Fsp3) is 0.250. The van der Waals surface area contributed by atoms with Gasteiger partial charge in [0.15, 0.2) is 0 Å². The predicted octanol–water partition coefficient (Wildman–Crippen LogP) is 1.25. The van der Waals surface area contributed by atoms with Gasteiger partial charge in [0.1, 0.15) is 0 Å². The van der Waals surface area contributed by atoms with Crippen molar-refractivity contribution < 1.29 is 9.90 Å². The van der Waals surface area contributed by atoms with E-state index in [1.807, 2.05) is 25.1 Å². The van der Waals surface area contributed by atoms with Crippen LogP contribution in [0, 0.1) is 6.92 Å². The second kappa shape index (κ2) is 4.37. The maximum atomic E-state index is 11.4. The van der Waals surface area contributed by atoms with Crippen LogP contribution in [0.25, 0.3) is 10.9 Å². The molecule has 1 aromatic carbocycles. The number of carbonyl (C=O) groups is 1. The average molecular weight is 232 g/mol. The lowest BCUT2D eigenvalue weighted by Gasteiger charge is -2.05. The Morgan fingerprint density at radius 3 is 2.94 bits per heavy atom. The van der Waals surface area contributed by atoms with E-state index in [1.54, 1.807) is 0 Å². The first-order valence-corrected chi connectivity index (χ1v) is 5.28. The molecule has 0 aliphatic carbocycles. The summed E-state index contributed by atoms with van der Waals surface area (Å²) in [7, 11) is 0. The molecular weight excluding hydrogens is 220 g/mol. The molecule has 2 aromatic rings. The number of aromatic nitrogens is 2. The van der Waals surface area contributed by atoms with Crippen LogP contribution in [0.2, 0.25) is 0 Å².